The van der Waals surface area contributed by atoms with E-state index in [1.807, 2.05) is 0 Å². The van der Waals surface area contributed by atoms with E-state index in [2.05, 4.69) is 0 Å². The van der Waals surface area contributed by atoms with E-state index < -0.39 is 7.12 Å². The first-order valence-electron chi connectivity index (χ1n) is 6.01. The number of halogens is 1. The fourth-order valence-electron chi connectivity index (χ4n) is 1.78. The van der Waals surface area contributed by atoms with Crippen LogP contribution in [0.15, 0.2) is 42.5 Å². The molecule has 0 aliphatic heterocycles. The highest BCUT2D eigenvalue weighted by molar-refractivity contribution is 6.59. The highest BCUT2D eigenvalue weighted by atomic mass is 19.1. The van der Waals surface area contributed by atoms with Crippen molar-refractivity contribution in [1.29, 1.82) is 0 Å². The van der Waals surface area contributed by atoms with Crippen LogP contribution in [0, 0.1) is 5.82 Å². The van der Waals surface area contributed by atoms with Gasteiger partial charge in [-0.05, 0) is 47.4 Å². The van der Waals surface area contributed by atoms with E-state index >= 15 is 0 Å². The first-order chi connectivity index (χ1) is 9.60. The average molecular weight is 276 g/mol. The Morgan fingerprint density at radius 1 is 1.05 bits per heavy atom. The zero-order valence-electron chi connectivity index (χ0n) is 10.9. The third kappa shape index (κ3) is 3.49. The summed E-state index contributed by atoms with van der Waals surface area (Å²) in [5.41, 5.74) is 0.927. The molecule has 0 saturated heterocycles. The lowest BCUT2D eigenvalue weighted by atomic mass is 9.77. The fourth-order valence-corrected chi connectivity index (χ4v) is 1.78. The molecule has 0 radical (unpaired) electrons. The summed E-state index contributed by atoms with van der Waals surface area (Å²) in [6, 6.07) is 10.5. The van der Waals surface area contributed by atoms with Crippen LogP contribution in [0.25, 0.3) is 0 Å². The predicted octanol–water partition coefficient (Wildman–Crippen LogP) is 1.09. The van der Waals surface area contributed by atoms with E-state index in [0.717, 1.165) is 0 Å². The molecule has 2 rings (SSSR count). The predicted molar refractivity (Wildman–Crippen MR) is 73.6 cm³/mol. The monoisotopic (exact) mass is 276 g/mol. The highest BCUT2D eigenvalue weighted by Crippen LogP contribution is 2.16. The number of ether oxygens (including phenoxy) is 2. The Morgan fingerprint density at radius 2 is 1.70 bits per heavy atom. The highest BCUT2D eigenvalue weighted by Gasteiger charge is 2.17. The van der Waals surface area contributed by atoms with Gasteiger partial charge in [0.1, 0.15) is 23.9 Å². The van der Waals surface area contributed by atoms with Crippen molar-refractivity contribution in [2.24, 2.45) is 0 Å². The van der Waals surface area contributed by atoms with Crippen LogP contribution < -0.4 is 14.9 Å². The van der Waals surface area contributed by atoms with Crippen LogP contribution in [-0.2, 0) is 6.61 Å². The quantitative estimate of drug-likeness (QED) is 0.803. The van der Waals surface area contributed by atoms with Gasteiger partial charge >= 0.3 is 7.12 Å². The van der Waals surface area contributed by atoms with Crippen molar-refractivity contribution >= 4 is 12.6 Å². The summed E-state index contributed by atoms with van der Waals surface area (Å²) in [7, 11) is -0.0673. The molecule has 104 valence electrons. The minimum Gasteiger partial charge on any atom is -0.497 e. The van der Waals surface area contributed by atoms with E-state index in [-0.39, 0.29) is 12.4 Å². The molecule has 2 aromatic rings. The second-order valence-corrected chi connectivity index (χ2v) is 4.18. The summed E-state index contributed by atoms with van der Waals surface area (Å²) < 4.78 is 23.4. The second kappa shape index (κ2) is 6.41. The zero-order valence-corrected chi connectivity index (χ0v) is 10.9. The molecular weight excluding hydrogens is 262 g/mol. The first kappa shape index (κ1) is 14.4. The number of benzene rings is 2. The van der Waals surface area contributed by atoms with Gasteiger partial charge in [0.05, 0.1) is 7.11 Å². The van der Waals surface area contributed by atoms with Crippen LogP contribution in [0.4, 0.5) is 4.39 Å². The molecule has 0 spiro atoms. The van der Waals surface area contributed by atoms with Crippen LogP contribution in [0.1, 0.15) is 5.56 Å². The molecule has 0 saturated carbocycles. The smallest absolute Gasteiger partial charge is 0.488 e. The van der Waals surface area contributed by atoms with Crippen LogP contribution in [0.5, 0.6) is 11.5 Å². The molecule has 0 aromatic heterocycles. The maximum absolute atomic E-state index is 12.8. The number of methoxy groups -OCH3 is 1. The Labute approximate surface area is 116 Å². The minimum absolute atomic E-state index is 0.121. The lowest BCUT2D eigenvalue weighted by Crippen LogP contribution is -2.33. The van der Waals surface area contributed by atoms with Gasteiger partial charge < -0.3 is 19.5 Å². The van der Waals surface area contributed by atoms with Crippen LogP contribution in [-0.4, -0.2) is 24.3 Å². The number of hydrogen-bond acceptors (Lipinski definition) is 4. The molecule has 0 unspecified atom stereocenters. The average Bonchev–Trinajstić information content (AvgIpc) is 2.46. The minimum atomic E-state index is -1.59. The normalized spacial score (nSPS) is 10.2. The van der Waals surface area contributed by atoms with Gasteiger partial charge in [-0.25, -0.2) is 4.39 Å². The van der Waals surface area contributed by atoms with Crippen LogP contribution in [0.2, 0.25) is 0 Å². The molecule has 2 N–H and O–H groups in total. The Kier molecular flexibility index (Phi) is 4.60. The molecule has 0 bridgehead atoms. The van der Waals surface area contributed by atoms with Gasteiger partial charge in [0.25, 0.3) is 0 Å². The maximum atomic E-state index is 12.8. The molecule has 0 amide bonds. The second-order valence-electron chi connectivity index (χ2n) is 4.18. The standard InChI is InChI=1S/C14H14BFO4/c1-19-13-6-7-14(15(17)18)10(8-13)9-20-12-4-2-11(16)3-5-12/h2-8,17-18H,9H2,1H3. The van der Waals surface area contributed by atoms with E-state index in [9.17, 15) is 14.4 Å². The number of rotatable bonds is 5. The summed E-state index contributed by atoms with van der Waals surface area (Å²) in [6.45, 7) is 0.121. The van der Waals surface area contributed by atoms with Gasteiger partial charge in [-0.15, -0.1) is 0 Å². The van der Waals surface area contributed by atoms with Crippen molar-refractivity contribution in [2.45, 2.75) is 6.61 Å². The van der Waals surface area contributed by atoms with Crippen molar-refractivity contribution in [3.63, 3.8) is 0 Å². The summed E-state index contributed by atoms with van der Waals surface area (Å²) in [5.74, 6) is 0.741. The molecule has 20 heavy (non-hydrogen) atoms. The van der Waals surface area contributed by atoms with Gasteiger partial charge in [0.15, 0.2) is 0 Å². The van der Waals surface area contributed by atoms with E-state index in [1.54, 1.807) is 18.2 Å². The van der Waals surface area contributed by atoms with E-state index in [0.29, 0.717) is 22.5 Å². The largest absolute Gasteiger partial charge is 0.497 e. The number of hydrogen-bond donors (Lipinski definition) is 2. The van der Waals surface area contributed by atoms with Crippen molar-refractivity contribution in [3.05, 3.63) is 53.8 Å². The molecule has 0 aliphatic carbocycles. The Morgan fingerprint density at radius 3 is 2.30 bits per heavy atom. The third-order valence-corrected chi connectivity index (χ3v) is 2.84. The lowest BCUT2D eigenvalue weighted by Gasteiger charge is -2.12. The van der Waals surface area contributed by atoms with Crippen LogP contribution in [0.3, 0.4) is 0 Å². The Hall–Kier alpha value is -2.05. The van der Waals surface area contributed by atoms with Crippen LogP contribution >= 0.6 is 0 Å². The third-order valence-electron chi connectivity index (χ3n) is 2.84. The van der Waals surface area contributed by atoms with Gasteiger partial charge in [-0.3, -0.25) is 0 Å². The summed E-state index contributed by atoms with van der Waals surface area (Å²) >= 11 is 0. The zero-order chi connectivity index (χ0) is 14.5. The fraction of sp³-hybridized carbons (Fsp3) is 0.143. The molecule has 6 heteroatoms. The molecule has 0 atom stereocenters. The van der Waals surface area contributed by atoms with E-state index in [1.165, 1.54) is 31.4 Å². The lowest BCUT2D eigenvalue weighted by molar-refractivity contribution is 0.305. The summed E-state index contributed by atoms with van der Waals surface area (Å²) in [5, 5.41) is 18.6. The molecule has 4 nitrogen and oxygen atoms in total. The van der Waals surface area contributed by atoms with E-state index in [4.69, 9.17) is 9.47 Å². The Balaban J connectivity index is 2.16. The SMILES string of the molecule is COc1ccc(B(O)O)c(COc2ccc(F)cc2)c1. The topological polar surface area (TPSA) is 58.9 Å². The maximum Gasteiger partial charge on any atom is 0.488 e. The molecule has 0 fully saturated rings. The van der Waals surface area contributed by atoms with Crippen molar-refractivity contribution in [2.75, 3.05) is 7.11 Å². The molecule has 0 heterocycles. The molecule has 2 aromatic carbocycles. The van der Waals surface area contributed by atoms with Crippen molar-refractivity contribution < 1.29 is 23.9 Å². The Bertz CT molecular complexity index is 572. The summed E-state index contributed by atoms with van der Waals surface area (Å²) in [6.07, 6.45) is 0. The summed E-state index contributed by atoms with van der Waals surface area (Å²) in [4.78, 5) is 0. The van der Waals surface area contributed by atoms with Gasteiger partial charge in [0, 0.05) is 0 Å². The van der Waals surface area contributed by atoms with Gasteiger partial charge in [-0.1, -0.05) is 6.07 Å². The first-order valence-corrected chi connectivity index (χ1v) is 6.01. The van der Waals surface area contributed by atoms with Crippen molar-refractivity contribution in [1.82, 2.24) is 0 Å². The van der Waals surface area contributed by atoms with Gasteiger partial charge in [-0.2, -0.15) is 0 Å². The van der Waals surface area contributed by atoms with Gasteiger partial charge in [0.2, 0.25) is 0 Å². The van der Waals surface area contributed by atoms with Crippen molar-refractivity contribution in [3.8, 4) is 11.5 Å². The molecule has 0 aliphatic rings. The molecular formula is C14H14BFO4.